The number of carbonyl (C=O) groups excluding carboxylic acids is 1. The summed E-state index contributed by atoms with van der Waals surface area (Å²) < 4.78 is 5.57. The van der Waals surface area contributed by atoms with Crippen molar-refractivity contribution in [1.29, 1.82) is 0 Å². The lowest BCUT2D eigenvalue weighted by Gasteiger charge is -2.33. The molecule has 0 radical (unpaired) electrons. The summed E-state index contributed by atoms with van der Waals surface area (Å²) in [6.07, 6.45) is 5.68. The first-order chi connectivity index (χ1) is 13.8. The fraction of sp³-hybridized carbons (Fsp3) is 0.348. The molecule has 3 aromatic rings. The van der Waals surface area contributed by atoms with Gasteiger partial charge in [0.15, 0.2) is 5.82 Å². The summed E-state index contributed by atoms with van der Waals surface area (Å²) >= 11 is 0. The van der Waals surface area contributed by atoms with Gasteiger partial charge in [0.05, 0.1) is 0 Å². The number of likely N-dealkylation sites (tertiary alicyclic amines) is 1. The summed E-state index contributed by atoms with van der Waals surface area (Å²) in [4.78, 5) is 19.5. The number of hydrogen-bond donors (Lipinski definition) is 0. The number of rotatable bonds is 6. The molecule has 5 nitrogen and oxygen atoms in total. The quantitative estimate of drug-likeness (QED) is 0.631. The van der Waals surface area contributed by atoms with E-state index in [-0.39, 0.29) is 11.9 Å². The lowest BCUT2D eigenvalue weighted by molar-refractivity contribution is 0.0561. The number of carbonyl (C=O) groups is 1. The van der Waals surface area contributed by atoms with E-state index in [1.807, 2.05) is 41.3 Å². The van der Waals surface area contributed by atoms with Crippen molar-refractivity contribution >= 4 is 5.91 Å². The van der Waals surface area contributed by atoms with Crippen molar-refractivity contribution < 1.29 is 9.32 Å². The van der Waals surface area contributed by atoms with Crippen LogP contribution in [0.15, 0.2) is 65.2 Å². The second kappa shape index (κ2) is 8.83. The van der Waals surface area contributed by atoms with Crippen LogP contribution in [0.25, 0.3) is 0 Å². The van der Waals surface area contributed by atoms with Gasteiger partial charge in [-0.1, -0.05) is 53.7 Å². The Morgan fingerprint density at radius 2 is 1.75 bits per heavy atom. The fourth-order valence-electron chi connectivity index (χ4n) is 3.78. The number of hydrogen-bond acceptors (Lipinski definition) is 4. The maximum atomic E-state index is 13.0. The van der Waals surface area contributed by atoms with Gasteiger partial charge in [0.1, 0.15) is 6.04 Å². The molecule has 4 rings (SSSR count). The summed E-state index contributed by atoms with van der Waals surface area (Å²) in [6.45, 7) is 0.726. The molecule has 0 N–H and O–H groups in total. The molecule has 2 heterocycles. The zero-order valence-electron chi connectivity index (χ0n) is 16.0. The minimum Gasteiger partial charge on any atom is -0.337 e. The van der Waals surface area contributed by atoms with Crippen LogP contribution in [0.3, 0.4) is 0 Å². The molecule has 1 atom stereocenters. The van der Waals surface area contributed by atoms with Crippen LogP contribution in [0.4, 0.5) is 0 Å². The van der Waals surface area contributed by atoms with Crippen molar-refractivity contribution in [2.75, 3.05) is 6.54 Å². The summed E-state index contributed by atoms with van der Waals surface area (Å²) in [5.41, 5.74) is 2.02. The Hall–Kier alpha value is -2.95. The van der Waals surface area contributed by atoms with Crippen LogP contribution >= 0.6 is 0 Å². The molecular formula is C23H25N3O2. The van der Waals surface area contributed by atoms with Gasteiger partial charge in [-0.15, -0.1) is 0 Å². The average molecular weight is 375 g/mol. The van der Waals surface area contributed by atoms with Gasteiger partial charge < -0.3 is 9.42 Å². The Morgan fingerprint density at radius 3 is 2.54 bits per heavy atom. The molecule has 0 spiro atoms. The zero-order valence-corrected chi connectivity index (χ0v) is 16.0. The highest BCUT2D eigenvalue weighted by atomic mass is 16.5. The Morgan fingerprint density at radius 1 is 1.00 bits per heavy atom. The van der Waals surface area contributed by atoms with Crippen molar-refractivity contribution in [2.24, 2.45) is 0 Å². The van der Waals surface area contributed by atoms with Gasteiger partial charge in [0.2, 0.25) is 5.89 Å². The Balaban J connectivity index is 1.41. The molecular weight excluding hydrogens is 350 g/mol. The normalized spacial score (nSPS) is 16.9. The predicted molar refractivity (Wildman–Crippen MR) is 107 cm³/mol. The first-order valence-electron chi connectivity index (χ1n) is 10.0. The highest BCUT2D eigenvalue weighted by Crippen LogP contribution is 2.31. The maximum Gasteiger partial charge on any atom is 0.254 e. The van der Waals surface area contributed by atoms with E-state index < -0.39 is 0 Å². The van der Waals surface area contributed by atoms with Gasteiger partial charge in [0, 0.05) is 18.5 Å². The fourth-order valence-corrected chi connectivity index (χ4v) is 3.78. The van der Waals surface area contributed by atoms with Crippen LogP contribution in [0.5, 0.6) is 0 Å². The van der Waals surface area contributed by atoms with E-state index in [2.05, 4.69) is 34.4 Å². The van der Waals surface area contributed by atoms with Crippen molar-refractivity contribution in [2.45, 2.75) is 44.6 Å². The van der Waals surface area contributed by atoms with Crippen LogP contribution in [-0.4, -0.2) is 27.5 Å². The van der Waals surface area contributed by atoms with E-state index in [0.717, 1.165) is 50.9 Å². The standard InChI is InChI=1S/C23H25N3O2/c27-23(19-13-5-2-6-14-19)26-17-8-7-15-20(26)22-24-21(25-28-22)16-9-12-18-10-3-1-4-11-18/h1-6,10-11,13-14,20H,7-9,12,15-17H2. The minimum atomic E-state index is -0.128. The van der Waals surface area contributed by atoms with Gasteiger partial charge in [-0.25, -0.2) is 0 Å². The molecule has 1 amide bonds. The van der Waals surface area contributed by atoms with Gasteiger partial charge in [0.25, 0.3) is 5.91 Å². The van der Waals surface area contributed by atoms with Gasteiger partial charge >= 0.3 is 0 Å². The number of benzene rings is 2. The maximum absolute atomic E-state index is 13.0. The number of nitrogens with zero attached hydrogens (tertiary/aromatic N) is 3. The molecule has 1 aromatic heterocycles. The summed E-state index contributed by atoms with van der Waals surface area (Å²) in [7, 11) is 0. The van der Waals surface area contributed by atoms with E-state index in [1.165, 1.54) is 5.56 Å². The average Bonchev–Trinajstić information content (AvgIpc) is 3.23. The van der Waals surface area contributed by atoms with Crippen molar-refractivity contribution in [3.63, 3.8) is 0 Å². The Kier molecular flexibility index (Phi) is 5.80. The van der Waals surface area contributed by atoms with E-state index in [0.29, 0.717) is 11.5 Å². The Labute approximate surface area is 165 Å². The van der Waals surface area contributed by atoms with Crippen LogP contribution in [0.1, 0.15) is 59.4 Å². The molecule has 0 bridgehead atoms. The summed E-state index contributed by atoms with van der Waals surface area (Å²) in [6, 6.07) is 19.7. The largest absolute Gasteiger partial charge is 0.337 e. The number of aromatic nitrogens is 2. The van der Waals surface area contributed by atoms with Crippen molar-refractivity contribution in [3.8, 4) is 0 Å². The molecule has 1 aliphatic rings. The second-order valence-electron chi connectivity index (χ2n) is 7.26. The van der Waals surface area contributed by atoms with Crippen LogP contribution < -0.4 is 0 Å². The zero-order chi connectivity index (χ0) is 19.2. The third-order valence-electron chi connectivity index (χ3n) is 5.26. The third kappa shape index (κ3) is 4.30. The molecule has 144 valence electrons. The molecule has 1 saturated heterocycles. The number of aryl methyl sites for hydroxylation is 2. The highest BCUT2D eigenvalue weighted by Gasteiger charge is 2.32. The van der Waals surface area contributed by atoms with Gasteiger partial charge in [-0.2, -0.15) is 4.98 Å². The minimum absolute atomic E-state index is 0.0362. The molecule has 5 heteroatoms. The second-order valence-corrected chi connectivity index (χ2v) is 7.26. The smallest absolute Gasteiger partial charge is 0.254 e. The van der Waals surface area contributed by atoms with Gasteiger partial charge in [-0.05, 0) is 49.8 Å². The lowest BCUT2D eigenvalue weighted by atomic mass is 10.0. The number of amides is 1. The molecule has 28 heavy (non-hydrogen) atoms. The predicted octanol–water partition coefficient (Wildman–Crippen LogP) is 4.61. The van der Waals surface area contributed by atoms with E-state index in [4.69, 9.17) is 4.52 Å². The van der Waals surface area contributed by atoms with Crippen LogP contribution in [-0.2, 0) is 12.8 Å². The molecule has 0 aliphatic carbocycles. The van der Waals surface area contributed by atoms with E-state index in [1.54, 1.807) is 0 Å². The molecule has 2 aromatic carbocycles. The summed E-state index contributed by atoms with van der Waals surface area (Å²) in [5, 5.41) is 4.17. The van der Waals surface area contributed by atoms with Crippen LogP contribution in [0.2, 0.25) is 0 Å². The van der Waals surface area contributed by atoms with E-state index >= 15 is 0 Å². The third-order valence-corrected chi connectivity index (χ3v) is 5.26. The first kappa shape index (κ1) is 18.4. The SMILES string of the molecule is O=C(c1ccccc1)N1CCCCC1c1nc(CCCc2ccccc2)no1. The number of piperidine rings is 1. The molecule has 0 saturated carbocycles. The molecule has 1 aliphatic heterocycles. The molecule has 1 unspecified atom stereocenters. The van der Waals surface area contributed by atoms with E-state index in [9.17, 15) is 4.79 Å². The highest BCUT2D eigenvalue weighted by molar-refractivity contribution is 5.94. The summed E-state index contributed by atoms with van der Waals surface area (Å²) in [5.74, 6) is 1.33. The monoisotopic (exact) mass is 375 g/mol. The van der Waals surface area contributed by atoms with Crippen LogP contribution in [0, 0.1) is 0 Å². The van der Waals surface area contributed by atoms with Crippen molar-refractivity contribution in [1.82, 2.24) is 15.0 Å². The first-order valence-corrected chi connectivity index (χ1v) is 10.0. The molecule has 1 fully saturated rings. The van der Waals surface area contributed by atoms with Gasteiger partial charge in [-0.3, -0.25) is 4.79 Å². The van der Waals surface area contributed by atoms with Crippen molar-refractivity contribution in [3.05, 3.63) is 83.5 Å². The lowest BCUT2D eigenvalue weighted by Crippen LogP contribution is -2.38. The Bertz CT molecular complexity index is 892. The topological polar surface area (TPSA) is 59.2 Å².